The van der Waals surface area contributed by atoms with Crippen LogP contribution in [0.1, 0.15) is 12.5 Å². The van der Waals surface area contributed by atoms with Crippen molar-refractivity contribution in [1.29, 1.82) is 0 Å². The lowest BCUT2D eigenvalue weighted by molar-refractivity contribution is -0.136. The van der Waals surface area contributed by atoms with Crippen molar-refractivity contribution in [3.63, 3.8) is 0 Å². The van der Waals surface area contributed by atoms with E-state index in [9.17, 15) is 13.2 Å². The second kappa shape index (κ2) is 7.90. The van der Waals surface area contributed by atoms with E-state index in [0.717, 1.165) is 11.8 Å². The lowest BCUT2D eigenvalue weighted by Crippen LogP contribution is -2.09. The molecular weight excluding hydrogens is 359 g/mol. The molecule has 3 rings (SSSR count). The Morgan fingerprint density at radius 1 is 1.00 bits per heavy atom. The van der Waals surface area contributed by atoms with Gasteiger partial charge in [0.1, 0.15) is 5.75 Å². The summed E-state index contributed by atoms with van der Waals surface area (Å²) in [6.45, 7) is 2.45. The molecule has 0 aliphatic rings. The molecule has 0 saturated heterocycles. The van der Waals surface area contributed by atoms with Crippen LogP contribution in [0.25, 0.3) is 0 Å². The number of ether oxygens (including phenoxy) is 1. The SMILES string of the molecule is CCOc1ccc(Nc2nncc(Nc3ccccc3C(F)(F)F)n2)cc1. The molecule has 0 amide bonds. The fourth-order valence-electron chi connectivity index (χ4n) is 2.32. The summed E-state index contributed by atoms with van der Waals surface area (Å²) in [5, 5.41) is 13.2. The Bertz CT molecular complexity index is 900. The number of rotatable bonds is 6. The summed E-state index contributed by atoms with van der Waals surface area (Å²) in [5.41, 5.74) is -0.213. The Kier molecular flexibility index (Phi) is 5.39. The van der Waals surface area contributed by atoms with Crippen LogP contribution in [-0.2, 0) is 6.18 Å². The van der Waals surface area contributed by atoms with Crippen molar-refractivity contribution in [2.75, 3.05) is 17.2 Å². The average molecular weight is 375 g/mol. The molecule has 1 heterocycles. The van der Waals surface area contributed by atoms with Crippen LogP contribution in [-0.4, -0.2) is 21.8 Å². The highest BCUT2D eigenvalue weighted by atomic mass is 19.4. The largest absolute Gasteiger partial charge is 0.494 e. The van der Waals surface area contributed by atoms with Gasteiger partial charge < -0.3 is 15.4 Å². The molecular formula is C18H16F3N5O. The molecule has 0 aliphatic heterocycles. The van der Waals surface area contributed by atoms with Crippen LogP contribution >= 0.6 is 0 Å². The fourth-order valence-corrected chi connectivity index (χ4v) is 2.32. The van der Waals surface area contributed by atoms with E-state index in [0.29, 0.717) is 12.3 Å². The van der Waals surface area contributed by atoms with Crippen LogP contribution in [0.5, 0.6) is 5.75 Å². The van der Waals surface area contributed by atoms with E-state index in [1.807, 2.05) is 6.92 Å². The Balaban J connectivity index is 1.77. The van der Waals surface area contributed by atoms with Crippen LogP contribution in [0.2, 0.25) is 0 Å². The molecule has 1 aromatic heterocycles. The molecule has 0 radical (unpaired) electrons. The summed E-state index contributed by atoms with van der Waals surface area (Å²) < 4.78 is 44.6. The highest BCUT2D eigenvalue weighted by molar-refractivity contribution is 5.62. The van der Waals surface area contributed by atoms with Crippen molar-refractivity contribution in [1.82, 2.24) is 15.2 Å². The summed E-state index contributed by atoms with van der Waals surface area (Å²) in [4.78, 5) is 4.15. The zero-order valence-electron chi connectivity index (χ0n) is 14.3. The van der Waals surface area contributed by atoms with E-state index in [-0.39, 0.29) is 17.5 Å². The molecule has 0 unspecified atom stereocenters. The third-order valence-electron chi connectivity index (χ3n) is 3.48. The predicted octanol–water partition coefficient (Wildman–Crippen LogP) is 4.78. The van der Waals surface area contributed by atoms with Gasteiger partial charge >= 0.3 is 6.18 Å². The van der Waals surface area contributed by atoms with Gasteiger partial charge in [0.05, 0.1) is 24.1 Å². The number of hydrogen-bond donors (Lipinski definition) is 2. The van der Waals surface area contributed by atoms with E-state index in [1.165, 1.54) is 24.4 Å². The normalized spacial score (nSPS) is 11.1. The number of benzene rings is 2. The predicted molar refractivity (Wildman–Crippen MR) is 95.4 cm³/mol. The maximum atomic E-state index is 13.1. The van der Waals surface area contributed by atoms with E-state index in [1.54, 1.807) is 24.3 Å². The molecule has 0 saturated carbocycles. The number of nitrogens with zero attached hydrogens (tertiary/aromatic N) is 3. The van der Waals surface area contributed by atoms with Gasteiger partial charge in [-0.25, -0.2) is 0 Å². The quantitative estimate of drug-likeness (QED) is 0.646. The van der Waals surface area contributed by atoms with Crippen molar-refractivity contribution in [3.05, 3.63) is 60.3 Å². The molecule has 9 heteroatoms. The zero-order valence-corrected chi connectivity index (χ0v) is 14.3. The molecule has 6 nitrogen and oxygen atoms in total. The van der Waals surface area contributed by atoms with Crippen molar-refractivity contribution in [3.8, 4) is 5.75 Å². The maximum Gasteiger partial charge on any atom is 0.418 e. The van der Waals surface area contributed by atoms with Gasteiger partial charge in [-0.15, -0.1) is 5.10 Å². The zero-order chi connectivity index (χ0) is 19.3. The topological polar surface area (TPSA) is 72.0 Å². The van der Waals surface area contributed by atoms with Crippen molar-refractivity contribution in [2.24, 2.45) is 0 Å². The van der Waals surface area contributed by atoms with E-state index in [4.69, 9.17) is 4.74 Å². The van der Waals surface area contributed by atoms with Gasteiger partial charge in [-0.3, -0.25) is 0 Å². The first-order chi connectivity index (χ1) is 13.0. The van der Waals surface area contributed by atoms with Crippen LogP contribution in [0.4, 0.5) is 36.3 Å². The molecule has 0 atom stereocenters. The molecule has 0 spiro atoms. The number of nitrogens with one attached hydrogen (secondary N) is 2. The second-order valence-electron chi connectivity index (χ2n) is 5.42. The van der Waals surface area contributed by atoms with Crippen LogP contribution < -0.4 is 15.4 Å². The Hall–Kier alpha value is -3.36. The lowest BCUT2D eigenvalue weighted by Gasteiger charge is -2.14. The monoisotopic (exact) mass is 375 g/mol. The molecule has 2 aromatic carbocycles. The molecule has 0 bridgehead atoms. The number of halogens is 3. The third kappa shape index (κ3) is 4.84. The standard InChI is InChI=1S/C18H16F3N5O/c1-2-27-13-9-7-12(8-10-13)23-17-25-16(11-22-26-17)24-15-6-4-3-5-14(15)18(19,20)21/h3-11H,2H2,1H3,(H2,23,24,25,26). The smallest absolute Gasteiger partial charge is 0.418 e. The highest BCUT2D eigenvalue weighted by Crippen LogP contribution is 2.35. The van der Waals surface area contributed by atoms with Gasteiger partial charge in [0.15, 0.2) is 5.82 Å². The van der Waals surface area contributed by atoms with Gasteiger partial charge in [0.2, 0.25) is 5.95 Å². The van der Waals surface area contributed by atoms with Crippen LogP contribution in [0.15, 0.2) is 54.7 Å². The Morgan fingerprint density at radius 2 is 1.74 bits per heavy atom. The summed E-state index contributed by atoms with van der Waals surface area (Å²) in [7, 11) is 0. The van der Waals surface area contributed by atoms with Gasteiger partial charge in [-0.05, 0) is 43.3 Å². The second-order valence-corrected chi connectivity index (χ2v) is 5.42. The fraction of sp³-hybridized carbons (Fsp3) is 0.167. The first-order valence-corrected chi connectivity index (χ1v) is 8.08. The number of hydrogen-bond acceptors (Lipinski definition) is 6. The number of aromatic nitrogens is 3. The minimum Gasteiger partial charge on any atom is -0.494 e. The lowest BCUT2D eigenvalue weighted by atomic mass is 10.1. The van der Waals surface area contributed by atoms with Crippen molar-refractivity contribution < 1.29 is 17.9 Å². The Morgan fingerprint density at radius 3 is 2.44 bits per heavy atom. The number of anilines is 4. The van der Waals surface area contributed by atoms with Crippen LogP contribution in [0.3, 0.4) is 0 Å². The first-order valence-electron chi connectivity index (χ1n) is 8.08. The summed E-state index contributed by atoms with van der Waals surface area (Å²) >= 11 is 0. The summed E-state index contributed by atoms with van der Waals surface area (Å²) in [6.07, 6.45) is -3.23. The van der Waals surface area contributed by atoms with Crippen molar-refractivity contribution in [2.45, 2.75) is 13.1 Å². The molecule has 0 fully saturated rings. The molecule has 0 aliphatic carbocycles. The minimum absolute atomic E-state index is 0.113. The van der Waals surface area contributed by atoms with E-state index in [2.05, 4.69) is 25.8 Å². The molecule has 27 heavy (non-hydrogen) atoms. The molecule has 140 valence electrons. The van der Waals surface area contributed by atoms with Crippen LogP contribution in [0, 0.1) is 0 Å². The number of alkyl halides is 3. The van der Waals surface area contributed by atoms with Gasteiger partial charge in [-0.1, -0.05) is 12.1 Å². The Labute approximate surface area is 153 Å². The van der Waals surface area contributed by atoms with E-state index >= 15 is 0 Å². The average Bonchev–Trinajstić information content (AvgIpc) is 2.63. The number of para-hydroxylation sites is 1. The third-order valence-corrected chi connectivity index (χ3v) is 3.48. The highest BCUT2D eigenvalue weighted by Gasteiger charge is 2.33. The van der Waals surface area contributed by atoms with Gasteiger partial charge in [0.25, 0.3) is 0 Å². The summed E-state index contributed by atoms with van der Waals surface area (Å²) in [5.74, 6) is 1.00. The van der Waals surface area contributed by atoms with Crippen molar-refractivity contribution >= 4 is 23.1 Å². The molecule has 3 aromatic rings. The van der Waals surface area contributed by atoms with Gasteiger partial charge in [-0.2, -0.15) is 23.3 Å². The minimum atomic E-state index is -4.48. The van der Waals surface area contributed by atoms with E-state index < -0.39 is 11.7 Å². The molecule has 2 N–H and O–H groups in total. The maximum absolute atomic E-state index is 13.1. The summed E-state index contributed by atoms with van der Waals surface area (Å²) in [6, 6.07) is 12.2. The van der Waals surface area contributed by atoms with Gasteiger partial charge in [0, 0.05) is 5.69 Å². The first kappa shape index (κ1) is 18.4.